The molecule has 5 heteroatoms. The Hall–Kier alpha value is -3.08. The summed E-state index contributed by atoms with van der Waals surface area (Å²) >= 11 is 0. The summed E-state index contributed by atoms with van der Waals surface area (Å²) in [7, 11) is 1.59. The molecule has 1 aliphatic heterocycles. The lowest BCUT2D eigenvalue weighted by Crippen LogP contribution is -2.40. The van der Waals surface area contributed by atoms with Gasteiger partial charge in [0.15, 0.2) is 0 Å². The lowest BCUT2D eigenvalue weighted by atomic mass is 9.90. The van der Waals surface area contributed by atoms with Crippen molar-refractivity contribution in [1.82, 2.24) is 4.90 Å². The Labute approximate surface area is 183 Å². The van der Waals surface area contributed by atoms with E-state index in [4.69, 9.17) is 4.74 Å². The minimum absolute atomic E-state index is 0.00791. The molecule has 5 nitrogen and oxygen atoms in total. The number of aliphatic hydroxyl groups excluding tert-OH is 1. The van der Waals surface area contributed by atoms with Gasteiger partial charge in [0.05, 0.1) is 18.7 Å². The van der Waals surface area contributed by atoms with Crippen molar-refractivity contribution in [1.29, 1.82) is 0 Å². The zero-order chi connectivity index (χ0) is 22.1. The van der Waals surface area contributed by atoms with E-state index in [0.717, 1.165) is 48.8 Å². The number of nitrogens with zero attached hydrogens (tertiary/aromatic N) is 1. The summed E-state index contributed by atoms with van der Waals surface area (Å²) in [6.45, 7) is 3.96. The van der Waals surface area contributed by atoms with Gasteiger partial charge in [0.25, 0.3) is 11.7 Å². The SMILES string of the molecule is COc1cccc(C2/C(=C(/O)c3ccc(C)c(C)c3)C(=O)C(=O)N2C2CCCCC2)c1. The fourth-order valence-corrected chi connectivity index (χ4v) is 4.77. The van der Waals surface area contributed by atoms with Crippen LogP contribution in [0.2, 0.25) is 0 Å². The first-order chi connectivity index (χ1) is 14.9. The Morgan fingerprint density at radius 1 is 1.00 bits per heavy atom. The molecule has 1 atom stereocenters. The zero-order valence-corrected chi connectivity index (χ0v) is 18.4. The summed E-state index contributed by atoms with van der Waals surface area (Å²) in [6, 6.07) is 12.4. The summed E-state index contributed by atoms with van der Waals surface area (Å²) in [5.74, 6) is -0.607. The number of carbonyl (C=O) groups excluding carboxylic acids is 2. The fourth-order valence-electron chi connectivity index (χ4n) is 4.77. The number of hydrogen-bond donors (Lipinski definition) is 1. The van der Waals surface area contributed by atoms with Crippen molar-refractivity contribution in [3.05, 3.63) is 70.3 Å². The second-order valence-corrected chi connectivity index (χ2v) is 8.57. The number of aliphatic hydroxyl groups is 1. The lowest BCUT2D eigenvalue weighted by Gasteiger charge is -2.35. The summed E-state index contributed by atoms with van der Waals surface area (Å²) in [4.78, 5) is 28.1. The summed E-state index contributed by atoms with van der Waals surface area (Å²) < 4.78 is 5.39. The molecule has 2 aromatic carbocycles. The van der Waals surface area contributed by atoms with Crippen LogP contribution in [0.1, 0.15) is 60.4 Å². The molecule has 2 aromatic rings. The third-order valence-electron chi connectivity index (χ3n) is 6.64. The van der Waals surface area contributed by atoms with Crippen molar-refractivity contribution in [2.45, 2.75) is 58.0 Å². The Bertz CT molecular complexity index is 1050. The van der Waals surface area contributed by atoms with Crippen LogP contribution in [0.4, 0.5) is 0 Å². The Balaban J connectivity index is 1.89. The number of methoxy groups -OCH3 is 1. The molecule has 31 heavy (non-hydrogen) atoms. The molecule has 0 bridgehead atoms. The van der Waals surface area contributed by atoms with E-state index in [0.29, 0.717) is 11.3 Å². The molecule has 1 saturated carbocycles. The Morgan fingerprint density at radius 3 is 2.42 bits per heavy atom. The van der Waals surface area contributed by atoms with Crippen LogP contribution in [-0.2, 0) is 9.59 Å². The third kappa shape index (κ3) is 3.85. The molecule has 0 aromatic heterocycles. The van der Waals surface area contributed by atoms with Crippen LogP contribution in [0.3, 0.4) is 0 Å². The molecular weight excluding hydrogens is 390 g/mol. The quantitative estimate of drug-likeness (QED) is 0.427. The fraction of sp³-hybridized carbons (Fsp3) is 0.385. The average Bonchev–Trinajstić information content (AvgIpc) is 3.06. The largest absolute Gasteiger partial charge is 0.507 e. The van der Waals surface area contributed by atoms with Gasteiger partial charge in [-0.1, -0.05) is 43.5 Å². The minimum Gasteiger partial charge on any atom is -0.507 e. The monoisotopic (exact) mass is 419 g/mol. The number of likely N-dealkylation sites (tertiary alicyclic amines) is 1. The van der Waals surface area contributed by atoms with Gasteiger partial charge in [0.2, 0.25) is 0 Å². The Morgan fingerprint density at radius 2 is 1.74 bits per heavy atom. The average molecular weight is 420 g/mol. The van der Waals surface area contributed by atoms with Crippen molar-refractivity contribution in [2.24, 2.45) is 0 Å². The summed E-state index contributed by atoms with van der Waals surface area (Å²) in [5.41, 5.74) is 3.60. The van der Waals surface area contributed by atoms with Crippen molar-refractivity contribution in [3.63, 3.8) is 0 Å². The number of hydrogen-bond acceptors (Lipinski definition) is 4. The van der Waals surface area contributed by atoms with Crippen LogP contribution >= 0.6 is 0 Å². The third-order valence-corrected chi connectivity index (χ3v) is 6.64. The van der Waals surface area contributed by atoms with E-state index in [9.17, 15) is 14.7 Å². The molecule has 1 unspecified atom stereocenters. The van der Waals surface area contributed by atoms with E-state index in [1.54, 1.807) is 18.1 Å². The van der Waals surface area contributed by atoms with Gasteiger partial charge in [-0.15, -0.1) is 0 Å². The van der Waals surface area contributed by atoms with E-state index in [-0.39, 0.29) is 17.4 Å². The topological polar surface area (TPSA) is 66.8 Å². The highest BCUT2D eigenvalue weighted by Gasteiger charge is 2.48. The van der Waals surface area contributed by atoms with E-state index in [1.165, 1.54) is 0 Å². The molecule has 162 valence electrons. The van der Waals surface area contributed by atoms with Crippen LogP contribution in [0.15, 0.2) is 48.0 Å². The van der Waals surface area contributed by atoms with Crippen LogP contribution in [-0.4, -0.2) is 34.8 Å². The van der Waals surface area contributed by atoms with Crippen LogP contribution in [0.5, 0.6) is 5.75 Å². The molecule has 2 aliphatic rings. The highest BCUT2D eigenvalue weighted by molar-refractivity contribution is 6.46. The van der Waals surface area contributed by atoms with Gasteiger partial charge in [-0.25, -0.2) is 0 Å². The van der Waals surface area contributed by atoms with Crippen molar-refractivity contribution < 1.29 is 19.4 Å². The van der Waals surface area contributed by atoms with Crippen LogP contribution < -0.4 is 4.74 Å². The van der Waals surface area contributed by atoms with Crippen molar-refractivity contribution in [3.8, 4) is 5.75 Å². The molecule has 2 fully saturated rings. The van der Waals surface area contributed by atoms with Gasteiger partial charge in [-0.3, -0.25) is 9.59 Å². The number of ether oxygens (including phenoxy) is 1. The van der Waals surface area contributed by atoms with E-state index >= 15 is 0 Å². The lowest BCUT2D eigenvalue weighted by molar-refractivity contribution is -0.141. The van der Waals surface area contributed by atoms with Crippen LogP contribution in [0.25, 0.3) is 5.76 Å². The number of rotatable bonds is 4. The van der Waals surface area contributed by atoms with E-state index in [2.05, 4.69) is 0 Å². The first kappa shape index (κ1) is 21.2. The molecule has 1 aliphatic carbocycles. The van der Waals surface area contributed by atoms with Crippen molar-refractivity contribution in [2.75, 3.05) is 7.11 Å². The smallest absolute Gasteiger partial charge is 0.295 e. The maximum absolute atomic E-state index is 13.2. The van der Waals surface area contributed by atoms with E-state index < -0.39 is 17.7 Å². The Kier molecular flexibility index (Phi) is 5.86. The molecule has 1 N–H and O–H groups in total. The van der Waals surface area contributed by atoms with Crippen molar-refractivity contribution >= 4 is 17.4 Å². The summed E-state index contributed by atoms with van der Waals surface area (Å²) in [5, 5.41) is 11.2. The molecule has 1 amide bonds. The number of Topliss-reactive ketones (excluding diaryl/α,β-unsaturated/α-hetero) is 1. The van der Waals surface area contributed by atoms with Gasteiger partial charge in [0, 0.05) is 11.6 Å². The van der Waals surface area contributed by atoms with E-state index in [1.807, 2.05) is 50.2 Å². The first-order valence-electron chi connectivity index (χ1n) is 10.9. The highest BCUT2D eigenvalue weighted by Crippen LogP contribution is 2.43. The van der Waals surface area contributed by atoms with Gasteiger partial charge < -0.3 is 14.7 Å². The number of carbonyl (C=O) groups is 2. The predicted molar refractivity (Wildman–Crippen MR) is 120 cm³/mol. The molecular formula is C26H29NO4. The second kappa shape index (κ2) is 8.58. The standard InChI is InChI=1S/C26H29NO4/c1-16-12-13-19(14-17(16)2)24(28)22-23(18-8-7-11-21(15-18)31-3)27(26(30)25(22)29)20-9-5-4-6-10-20/h7-8,11-15,20,23,28H,4-6,9-10H2,1-3H3/b24-22-. The molecule has 1 heterocycles. The van der Waals surface area contributed by atoms with Gasteiger partial charge in [-0.05, 0) is 61.6 Å². The molecule has 0 radical (unpaired) electrons. The molecule has 0 spiro atoms. The first-order valence-corrected chi connectivity index (χ1v) is 10.9. The number of ketones is 1. The zero-order valence-electron chi connectivity index (χ0n) is 18.4. The minimum atomic E-state index is -0.625. The van der Waals surface area contributed by atoms with Gasteiger partial charge in [-0.2, -0.15) is 0 Å². The van der Waals surface area contributed by atoms with Gasteiger partial charge in [0.1, 0.15) is 11.5 Å². The number of benzene rings is 2. The maximum atomic E-state index is 13.2. The summed E-state index contributed by atoms with van der Waals surface area (Å²) in [6.07, 6.45) is 4.96. The second-order valence-electron chi connectivity index (χ2n) is 8.57. The number of aryl methyl sites for hydroxylation is 2. The van der Waals surface area contributed by atoms with Crippen LogP contribution in [0, 0.1) is 13.8 Å². The predicted octanol–water partition coefficient (Wildman–Crippen LogP) is 5.07. The maximum Gasteiger partial charge on any atom is 0.295 e. The molecule has 1 saturated heterocycles. The van der Waals surface area contributed by atoms with Gasteiger partial charge >= 0.3 is 0 Å². The molecule has 4 rings (SSSR count). The normalized spacial score (nSPS) is 21.5. The number of amides is 1. The highest BCUT2D eigenvalue weighted by atomic mass is 16.5.